The van der Waals surface area contributed by atoms with E-state index >= 15 is 0 Å². The summed E-state index contributed by atoms with van der Waals surface area (Å²) in [6.45, 7) is 6.69. The number of sulfonamides is 1. The molecule has 0 spiro atoms. The average molecular weight is 489 g/mol. The van der Waals surface area contributed by atoms with Crippen molar-refractivity contribution in [3.05, 3.63) is 69.3 Å². The van der Waals surface area contributed by atoms with Crippen LogP contribution in [0.3, 0.4) is 0 Å². The third kappa shape index (κ3) is 6.32. The van der Waals surface area contributed by atoms with E-state index < -0.39 is 26.9 Å². The number of carbonyl (C=O) groups is 1. The number of hydrogen-bond acceptors (Lipinski definition) is 6. The number of rotatable bonds is 10. The molecule has 0 aliphatic carbocycles. The van der Waals surface area contributed by atoms with Crippen molar-refractivity contribution in [2.45, 2.75) is 52.2 Å². The molecule has 0 radical (unpaired) electrons. The molecule has 34 heavy (non-hydrogen) atoms. The van der Waals surface area contributed by atoms with Crippen LogP contribution in [0.25, 0.3) is 0 Å². The van der Waals surface area contributed by atoms with E-state index in [0.29, 0.717) is 5.56 Å². The number of aryl methyl sites for hydroxylation is 1. The number of nitro groups is 1. The number of nitro benzene ring substituents is 1. The number of benzene rings is 2. The van der Waals surface area contributed by atoms with Crippen LogP contribution >= 0.6 is 0 Å². The molecule has 1 N–H and O–H groups in total. The molecule has 10 heteroatoms. The largest absolute Gasteiger partial charge is 0.350 e. The van der Waals surface area contributed by atoms with Gasteiger partial charge >= 0.3 is 0 Å². The minimum absolute atomic E-state index is 0.131. The Morgan fingerprint density at radius 3 is 2.47 bits per heavy atom. The van der Waals surface area contributed by atoms with Crippen LogP contribution in [0.4, 0.5) is 11.4 Å². The van der Waals surface area contributed by atoms with Crippen molar-refractivity contribution in [3.63, 3.8) is 0 Å². The SMILES string of the molecule is CC[C@H](C(=O)NCc1cccc(CN2CCCC2)c1)N(c1cc([N+](=O)[O-])ccc1C)S(C)(=O)=O. The van der Waals surface area contributed by atoms with E-state index in [4.69, 9.17) is 0 Å². The van der Waals surface area contributed by atoms with Crippen LogP contribution in [-0.4, -0.2) is 49.5 Å². The van der Waals surface area contributed by atoms with Gasteiger partial charge in [0, 0.05) is 25.2 Å². The standard InChI is InChI=1S/C24H32N4O5S/c1-4-22(27(34(3,32)33)23-15-21(28(30)31)11-10-18(23)2)24(29)25-16-19-8-7-9-20(14-19)17-26-12-5-6-13-26/h7-11,14-15,22H,4-6,12-13,16-17H2,1-3H3,(H,25,29)/t22-/m1/s1. The summed E-state index contributed by atoms with van der Waals surface area (Å²) in [6.07, 6.45) is 3.64. The van der Waals surface area contributed by atoms with Crippen LogP contribution in [0.5, 0.6) is 0 Å². The van der Waals surface area contributed by atoms with E-state index in [1.54, 1.807) is 13.8 Å². The summed E-state index contributed by atoms with van der Waals surface area (Å²) in [4.78, 5) is 26.2. The molecule has 1 heterocycles. The number of hydrogen-bond donors (Lipinski definition) is 1. The van der Waals surface area contributed by atoms with Crippen molar-refractivity contribution in [3.8, 4) is 0 Å². The summed E-state index contributed by atoms with van der Waals surface area (Å²) < 4.78 is 26.4. The van der Waals surface area contributed by atoms with Gasteiger partial charge in [-0.25, -0.2) is 8.42 Å². The third-order valence-corrected chi connectivity index (χ3v) is 7.20. The molecule has 0 bridgehead atoms. The zero-order valence-corrected chi connectivity index (χ0v) is 20.7. The molecular weight excluding hydrogens is 456 g/mol. The number of nitrogens with zero attached hydrogens (tertiary/aromatic N) is 3. The molecule has 1 atom stereocenters. The highest BCUT2D eigenvalue weighted by Gasteiger charge is 2.33. The van der Waals surface area contributed by atoms with Crippen LogP contribution in [0, 0.1) is 17.0 Å². The van der Waals surface area contributed by atoms with Crippen molar-refractivity contribution in [2.24, 2.45) is 0 Å². The lowest BCUT2D eigenvalue weighted by Crippen LogP contribution is -2.49. The molecule has 0 saturated carbocycles. The van der Waals surface area contributed by atoms with Gasteiger partial charge in [0.25, 0.3) is 5.69 Å². The highest BCUT2D eigenvalue weighted by Crippen LogP contribution is 2.30. The van der Waals surface area contributed by atoms with Crippen LogP contribution in [-0.2, 0) is 27.9 Å². The fourth-order valence-electron chi connectivity index (χ4n) is 4.33. The minimum Gasteiger partial charge on any atom is -0.350 e. The first-order chi connectivity index (χ1) is 16.1. The fourth-order valence-corrected chi connectivity index (χ4v) is 5.59. The summed E-state index contributed by atoms with van der Waals surface area (Å²) in [5, 5.41) is 14.1. The summed E-state index contributed by atoms with van der Waals surface area (Å²) in [5.74, 6) is -0.455. The summed E-state index contributed by atoms with van der Waals surface area (Å²) in [5.41, 5.74) is 2.52. The second kappa shape index (κ2) is 11.0. The lowest BCUT2D eigenvalue weighted by molar-refractivity contribution is -0.384. The normalized spacial score (nSPS) is 15.1. The lowest BCUT2D eigenvalue weighted by Gasteiger charge is -2.31. The second-order valence-electron chi connectivity index (χ2n) is 8.73. The quantitative estimate of drug-likeness (QED) is 0.405. The average Bonchev–Trinajstić information content (AvgIpc) is 3.28. The molecular formula is C24H32N4O5S. The maximum absolute atomic E-state index is 13.1. The van der Waals surface area contributed by atoms with E-state index in [1.165, 1.54) is 36.6 Å². The number of nitrogens with one attached hydrogen (secondary N) is 1. The number of carbonyl (C=O) groups excluding carboxylic acids is 1. The molecule has 184 valence electrons. The maximum Gasteiger partial charge on any atom is 0.271 e. The summed E-state index contributed by atoms with van der Waals surface area (Å²) >= 11 is 0. The maximum atomic E-state index is 13.1. The van der Waals surface area contributed by atoms with E-state index in [9.17, 15) is 23.3 Å². The Morgan fingerprint density at radius 2 is 1.85 bits per heavy atom. The van der Waals surface area contributed by atoms with Gasteiger partial charge in [0.15, 0.2) is 0 Å². The molecule has 3 rings (SSSR count). The van der Waals surface area contributed by atoms with Crippen LogP contribution in [0.2, 0.25) is 0 Å². The number of anilines is 1. The lowest BCUT2D eigenvalue weighted by atomic mass is 10.1. The molecule has 0 aromatic heterocycles. The Bertz CT molecular complexity index is 1150. The smallest absolute Gasteiger partial charge is 0.271 e. The fraction of sp³-hybridized carbons (Fsp3) is 0.458. The van der Waals surface area contributed by atoms with Crippen LogP contribution < -0.4 is 9.62 Å². The van der Waals surface area contributed by atoms with Crippen molar-refractivity contribution in [2.75, 3.05) is 23.7 Å². The van der Waals surface area contributed by atoms with Gasteiger partial charge in [-0.1, -0.05) is 37.3 Å². The van der Waals surface area contributed by atoms with Gasteiger partial charge in [-0.3, -0.25) is 24.1 Å². The Balaban J connectivity index is 1.79. The number of amides is 1. The van der Waals surface area contributed by atoms with E-state index in [-0.39, 0.29) is 24.3 Å². The van der Waals surface area contributed by atoms with Crippen molar-refractivity contribution >= 4 is 27.3 Å². The predicted octanol–water partition coefficient (Wildman–Crippen LogP) is 3.36. The second-order valence-corrected chi connectivity index (χ2v) is 10.6. The van der Waals surface area contributed by atoms with Crippen molar-refractivity contribution in [1.29, 1.82) is 0 Å². The molecule has 1 amide bonds. The van der Waals surface area contributed by atoms with Gasteiger partial charge in [-0.15, -0.1) is 0 Å². The molecule has 2 aromatic carbocycles. The Hall–Kier alpha value is -2.98. The summed E-state index contributed by atoms with van der Waals surface area (Å²) in [7, 11) is -3.90. The predicted molar refractivity (Wildman–Crippen MR) is 132 cm³/mol. The Kier molecular flexibility index (Phi) is 8.27. The van der Waals surface area contributed by atoms with E-state index in [2.05, 4.69) is 22.3 Å². The van der Waals surface area contributed by atoms with Crippen molar-refractivity contribution < 1.29 is 18.1 Å². The zero-order valence-electron chi connectivity index (χ0n) is 19.9. The highest BCUT2D eigenvalue weighted by molar-refractivity contribution is 7.92. The number of likely N-dealkylation sites (tertiary alicyclic amines) is 1. The Morgan fingerprint density at radius 1 is 1.18 bits per heavy atom. The van der Waals surface area contributed by atoms with Gasteiger partial charge in [0.1, 0.15) is 6.04 Å². The first kappa shape index (κ1) is 25.6. The first-order valence-electron chi connectivity index (χ1n) is 11.4. The molecule has 1 aliphatic rings. The first-order valence-corrected chi connectivity index (χ1v) is 13.3. The van der Waals surface area contributed by atoms with E-state index in [0.717, 1.165) is 35.8 Å². The molecule has 2 aromatic rings. The molecule has 1 saturated heterocycles. The van der Waals surface area contributed by atoms with Gasteiger partial charge in [-0.05, 0) is 56.0 Å². The monoisotopic (exact) mass is 488 g/mol. The van der Waals surface area contributed by atoms with Gasteiger partial charge in [0.2, 0.25) is 15.9 Å². The van der Waals surface area contributed by atoms with Crippen LogP contribution in [0.1, 0.15) is 42.9 Å². The van der Waals surface area contributed by atoms with Crippen LogP contribution in [0.15, 0.2) is 42.5 Å². The van der Waals surface area contributed by atoms with Gasteiger partial charge < -0.3 is 5.32 Å². The van der Waals surface area contributed by atoms with Gasteiger partial charge in [0.05, 0.1) is 16.9 Å². The molecule has 9 nitrogen and oxygen atoms in total. The highest BCUT2D eigenvalue weighted by atomic mass is 32.2. The third-order valence-electron chi connectivity index (χ3n) is 6.03. The van der Waals surface area contributed by atoms with E-state index in [1.807, 2.05) is 12.1 Å². The minimum atomic E-state index is -3.90. The van der Waals surface area contributed by atoms with Crippen molar-refractivity contribution in [1.82, 2.24) is 10.2 Å². The molecule has 1 aliphatic heterocycles. The molecule has 0 unspecified atom stereocenters. The number of non-ortho nitro benzene ring substituents is 1. The molecule has 1 fully saturated rings. The summed E-state index contributed by atoms with van der Waals surface area (Å²) in [6, 6.07) is 11.0. The Labute approximate surface area is 201 Å². The topological polar surface area (TPSA) is 113 Å². The van der Waals surface area contributed by atoms with Gasteiger partial charge in [-0.2, -0.15) is 0 Å². The zero-order chi connectivity index (χ0) is 24.9.